The van der Waals surface area contributed by atoms with Crippen LogP contribution in [0.1, 0.15) is 22.8 Å². The van der Waals surface area contributed by atoms with Crippen LogP contribution in [0.5, 0.6) is 0 Å². The van der Waals surface area contributed by atoms with Crippen LogP contribution in [-0.4, -0.2) is 5.91 Å². The number of thioether (sulfide) groups is 1. The lowest BCUT2D eigenvalue weighted by atomic mass is 9.93. The first-order valence-corrected chi connectivity index (χ1v) is 10.2. The highest BCUT2D eigenvalue weighted by Gasteiger charge is 2.30. The molecule has 3 aromatic rings. The maximum atomic E-state index is 12.2. The molecule has 0 fully saturated rings. The van der Waals surface area contributed by atoms with Gasteiger partial charge in [0, 0.05) is 23.0 Å². The zero-order valence-electron chi connectivity index (χ0n) is 13.9. The van der Waals surface area contributed by atoms with Crippen LogP contribution in [0.3, 0.4) is 0 Å². The first-order valence-electron chi connectivity index (χ1n) is 8.33. The SMILES string of the molecule is N#CC1=C(SCc2cccc3ccccc23)NC(=O)C[C@@H]1c1cccs1. The number of nitrogens with one attached hydrogen (secondary N) is 1. The maximum absolute atomic E-state index is 12.2. The topological polar surface area (TPSA) is 52.9 Å². The Hall–Kier alpha value is -2.55. The van der Waals surface area contributed by atoms with Crippen LogP contribution in [-0.2, 0) is 10.5 Å². The number of carbonyl (C=O) groups excluding carboxylic acids is 1. The number of allylic oxidation sites excluding steroid dienone is 1. The number of thiophene rings is 1. The number of fused-ring (bicyclic) bond motifs is 1. The second kappa shape index (κ2) is 7.36. The number of carbonyl (C=O) groups is 1. The summed E-state index contributed by atoms with van der Waals surface area (Å²) in [6.07, 6.45) is 0.335. The normalized spacial score (nSPS) is 17.2. The Morgan fingerprint density at radius 3 is 2.81 bits per heavy atom. The molecule has 128 valence electrons. The molecule has 2 aromatic carbocycles. The number of nitrogens with zero attached hydrogens (tertiary/aromatic N) is 1. The molecule has 1 atom stereocenters. The molecule has 1 N–H and O–H groups in total. The molecule has 1 aliphatic heterocycles. The van der Waals surface area contributed by atoms with Crippen LogP contribution in [0.25, 0.3) is 10.8 Å². The number of amides is 1. The summed E-state index contributed by atoms with van der Waals surface area (Å²) in [7, 11) is 0. The van der Waals surface area contributed by atoms with E-state index in [1.165, 1.54) is 28.1 Å². The Balaban J connectivity index is 1.65. The summed E-state index contributed by atoms with van der Waals surface area (Å²) in [4.78, 5) is 13.3. The fraction of sp³-hybridized carbons (Fsp3) is 0.143. The lowest BCUT2D eigenvalue weighted by Gasteiger charge is -2.24. The highest BCUT2D eigenvalue weighted by atomic mass is 32.2. The van der Waals surface area contributed by atoms with Crippen molar-refractivity contribution in [1.82, 2.24) is 5.32 Å². The van der Waals surface area contributed by atoms with Crippen LogP contribution in [0.15, 0.2) is 70.6 Å². The van der Waals surface area contributed by atoms with E-state index in [0.717, 1.165) is 4.88 Å². The van der Waals surface area contributed by atoms with Crippen LogP contribution in [0.4, 0.5) is 0 Å². The predicted molar refractivity (Wildman–Crippen MR) is 108 cm³/mol. The van der Waals surface area contributed by atoms with Gasteiger partial charge in [-0.2, -0.15) is 5.26 Å². The highest BCUT2D eigenvalue weighted by Crippen LogP contribution is 2.39. The van der Waals surface area contributed by atoms with Crippen LogP contribution < -0.4 is 5.32 Å². The van der Waals surface area contributed by atoms with Crippen molar-refractivity contribution in [1.29, 1.82) is 5.26 Å². The van der Waals surface area contributed by atoms with Crippen molar-refractivity contribution < 1.29 is 4.79 Å². The van der Waals surface area contributed by atoms with Gasteiger partial charge < -0.3 is 5.32 Å². The lowest BCUT2D eigenvalue weighted by Crippen LogP contribution is -2.30. The van der Waals surface area contributed by atoms with Gasteiger partial charge in [-0.1, -0.05) is 48.5 Å². The Bertz CT molecular complexity index is 1030. The zero-order chi connectivity index (χ0) is 17.9. The van der Waals surface area contributed by atoms with E-state index in [1.807, 2.05) is 35.7 Å². The van der Waals surface area contributed by atoms with Crippen molar-refractivity contribution in [3.8, 4) is 6.07 Å². The quantitative estimate of drug-likeness (QED) is 0.683. The molecule has 1 amide bonds. The summed E-state index contributed by atoms with van der Waals surface area (Å²) in [6, 6.07) is 20.8. The van der Waals surface area contributed by atoms with E-state index in [2.05, 4.69) is 35.7 Å². The summed E-state index contributed by atoms with van der Waals surface area (Å²) < 4.78 is 0. The molecule has 1 aromatic heterocycles. The van der Waals surface area contributed by atoms with Gasteiger partial charge in [0.25, 0.3) is 0 Å². The van der Waals surface area contributed by atoms with E-state index in [-0.39, 0.29) is 11.8 Å². The van der Waals surface area contributed by atoms with Crippen molar-refractivity contribution in [2.75, 3.05) is 0 Å². The molecule has 0 unspecified atom stereocenters. The molecular formula is C21H16N2OS2. The minimum atomic E-state index is -0.135. The van der Waals surface area contributed by atoms with Gasteiger partial charge in [-0.25, -0.2) is 0 Å². The number of benzene rings is 2. The second-order valence-electron chi connectivity index (χ2n) is 6.10. The summed E-state index contributed by atoms with van der Waals surface area (Å²) in [6.45, 7) is 0. The third-order valence-electron chi connectivity index (χ3n) is 4.49. The first-order chi connectivity index (χ1) is 12.8. The molecular weight excluding hydrogens is 360 g/mol. The van der Waals surface area contributed by atoms with Crippen LogP contribution in [0.2, 0.25) is 0 Å². The van der Waals surface area contributed by atoms with Gasteiger partial charge in [-0.05, 0) is 27.8 Å². The van der Waals surface area contributed by atoms with Gasteiger partial charge in [0.1, 0.15) is 0 Å². The molecule has 4 rings (SSSR count). The van der Waals surface area contributed by atoms with Crippen molar-refractivity contribution in [3.63, 3.8) is 0 Å². The number of rotatable bonds is 4. The number of hydrogen-bond acceptors (Lipinski definition) is 4. The van der Waals surface area contributed by atoms with Gasteiger partial charge >= 0.3 is 0 Å². The van der Waals surface area contributed by atoms with Crippen LogP contribution in [0, 0.1) is 11.3 Å². The summed E-state index contributed by atoms with van der Waals surface area (Å²) in [5.41, 5.74) is 1.86. The summed E-state index contributed by atoms with van der Waals surface area (Å²) in [5, 5.41) is 17.7. The molecule has 0 radical (unpaired) electrons. The molecule has 1 aliphatic rings. The molecule has 26 heavy (non-hydrogen) atoms. The van der Waals surface area contributed by atoms with E-state index in [1.54, 1.807) is 11.3 Å². The standard InChI is InChI=1S/C21H16N2OS2/c22-12-18-17(19-9-4-10-25-19)11-20(24)23-21(18)26-13-15-7-3-6-14-5-1-2-8-16(14)15/h1-10,17H,11,13H2,(H,23,24)/t17-/m0/s1. The summed E-state index contributed by atoms with van der Waals surface area (Å²) >= 11 is 3.13. The minimum Gasteiger partial charge on any atom is -0.320 e. The van der Waals surface area contributed by atoms with Gasteiger partial charge in [0.15, 0.2) is 0 Å². The number of nitriles is 1. The fourth-order valence-corrected chi connectivity index (χ4v) is 5.15. The van der Waals surface area contributed by atoms with Crippen molar-refractivity contribution >= 4 is 39.8 Å². The molecule has 2 heterocycles. The van der Waals surface area contributed by atoms with Gasteiger partial charge in [0.2, 0.25) is 5.91 Å². The largest absolute Gasteiger partial charge is 0.320 e. The highest BCUT2D eigenvalue weighted by molar-refractivity contribution is 8.02. The molecule has 3 nitrogen and oxygen atoms in total. The summed E-state index contributed by atoms with van der Waals surface area (Å²) in [5.74, 6) is 0.547. The van der Waals surface area contributed by atoms with Crippen molar-refractivity contribution in [3.05, 3.63) is 81.0 Å². The van der Waals surface area contributed by atoms with Gasteiger partial charge in [0.05, 0.1) is 16.7 Å². The Morgan fingerprint density at radius 2 is 2.00 bits per heavy atom. The van der Waals surface area contributed by atoms with Gasteiger partial charge in [-0.15, -0.1) is 23.1 Å². The minimum absolute atomic E-state index is 0.0252. The molecule has 0 bridgehead atoms. The molecule has 0 saturated carbocycles. The molecule has 5 heteroatoms. The first kappa shape index (κ1) is 16.9. The van der Waals surface area contributed by atoms with E-state index >= 15 is 0 Å². The lowest BCUT2D eigenvalue weighted by molar-refractivity contribution is -0.120. The monoisotopic (exact) mass is 376 g/mol. The molecule has 0 spiro atoms. The number of hydrogen-bond donors (Lipinski definition) is 1. The maximum Gasteiger partial charge on any atom is 0.225 e. The average molecular weight is 377 g/mol. The van der Waals surface area contributed by atoms with Crippen LogP contribution >= 0.6 is 23.1 Å². The van der Waals surface area contributed by atoms with E-state index in [0.29, 0.717) is 22.8 Å². The van der Waals surface area contributed by atoms with E-state index in [9.17, 15) is 10.1 Å². The Labute approximate surface area is 160 Å². The van der Waals surface area contributed by atoms with Gasteiger partial charge in [-0.3, -0.25) is 4.79 Å². The zero-order valence-corrected chi connectivity index (χ0v) is 15.6. The molecule has 0 saturated heterocycles. The Morgan fingerprint density at radius 1 is 1.15 bits per heavy atom. The average Bonchev–Trinajstić information content (AvgIpc) is 3.20. The fourth-order valence-electron chi connectivity index (χ4n) is 3.23. The predicted octanol–water partition coefficient (Wildman–Crippen LogP) is 5.17. The van der Waals surface area contributed by atoms with E-state index < -0.39 is 0 Å². The Kier molecular flexibility index (Phi) is 4.79. The smallest absolute Gasteiger partial charge is 0.225 e. The van der Waals surface area contributed by atoms with E-state index in [4.69, 9.17) is 0 Å². The third-order valence-corrected chi connectivity index (χ3v) is 6.55. The molecule has 0 aliphatic carbocycles. The van der Waals surface area contributed by atoms with Crippen molar-refractivity contribution in [2.24, 2.45) is 0 Å². The van der Waals surface area contributed by atoms with Crippen molar-refractivity contribution in [2.45, 2.75) is 18.1 Å². The second-order valence-corrected chi connectivity index (χ2v) is 8.07. The third kappa shape index (κ3) is 3.26.